The molecule has 1 unspecified atom stereocenters. The molecule has 110 valence electrons. The second-order valence-corrected chi connectivity index (χ2v) is 6.33. The van der Waals surface area contributed by atoms with Gasteiger partial charge in [-0.15, -0.1) is 0 Å². The smallest absolute Gasteiger partial charge is 0.337 e. The minimum Gasteiger partial charge on any atom is -0.487 e. The Morgan fingerprint density at radius 3 is 2.55 bits per heavy atom. The monoisotopic (exact) mass is 279 g/mol. The van der Waals surface area contributed by atoms with Gasteiger partial charge in [0.1, 0.15) is 17.5 Å². The summed E-state index contributed by atoms with van der Waals surface area (Å²) >= 11 is 0. The number of hydrogen-bond acceptors (Lipinski definition) is 4. The van der Waals surface area contributed by atoms with Gasteiger partial charge in [0.05, 0.1) is 11.2 Å². The van der Waals surface area contributed by atoms with Crippen molar-refractivity contribution < 1.29 is 19.4 Å². The molecule has 0 spiro atoms. The van der Waals surface area contributed by atoms with Crippen molar-refractivity contribution in [2.45, 2.75) is 51.4 Å². The lowest BCUT2D eigenvalue weighted by atomic mass is 9.97. The Morgan fingerprint density at radius 1 is 1.40 bits per heavy atom. The average molecular weight is 279 g/mol. The van der Waals surface area contributed by atoms with Gasteiger partial charge in [-0.05, 0) is 45.9 Å². The summed E-state index contributed by atoms with van der Waals surface area (Å²) in [4.78, 5) is 11.1. The minimum absolute atomic E-state index is 0.0541. The maximum absolute atomic E-state index is 11.1. The summed E-state index contributed by atoms with van der Waals surface area (Å²) in [5.74, 6) is -0.564. The van der Waals surface area contributed by atoms with E-state index in [1.54, 1.807) is 12.1 Å². The van der Waals surface area contributed by atoms with Crippen LogP contribution >= 0.6 is 0 Å². The van der Waals surface area contributed by atoms with Crippen LogP contribution in [0.5, 0.6) is 5.75 Å². The molecule has 3 N–H and O–H groups in total. The molecule has 0 amide bonds. The largest absolute Gasteiger partial charge is 0.487 e. The fourth-order valence-electron chi connectivity index (χ4n) is 2.65. The zero-order valence-electron chi connectivity index (χ0n) is 12.3. The van der Waals surface area contributed by atoms with Crippen molar-refractivity contribution in [2.24, 2.45) is 0 Å². The molecule has 1 aromatic carbocycles. The van der Waals surface area contributed by atoms with Gasteiger partial charge in [0.2, 0.25) is 0 Å². The molecule has 5 heteroatoms. The second kappa shape index (κ2) is 4.66. The number of carboxylic acids is 1. The van der Waals surface area contributed by atoms with Crippen LogP contribution in [0.3, 0.4) is 0 Å². The Kier molecular flexibility index (Phi) is 3.42. The highest BCUT2D eigenvalue weighted by Gasteiger charge is 2.47. The first-order chi connectivity index (χ1) is 9.11. The van der Waals surface area contributed by atoms with Crippen LogP contribution in [0.2, 0.25) is 0 Å². The molecule has 1 aliphatic heterocycles. The van der Waals surface area contributed by atoms with E-state index in [4.69, 9.17) is 20.3 Å². The van der Waals surface area contributed by atoms with Crippen molar-refractivity contribution >= 4 is 11.7 Å². The predicted octanol–water partition coefficient (Wildman–Crippen LogP) is 2.69. The third kappa shape index (κ3) is 2.88. The van der Waals surface area contributed by atoms with Gasteiger partial charge >= 0.3 is 5.97 Å². The number of ether oxygens (including phenoxy) is 2. The Morgan fingerprint density at radius 2 is 2.05 bits per heavy atom. The highest BCUT2D eigenvalue weighted by atomic mass is 16.6. The maximum Gasteiger partial charge on any atom is 0.337 e. The van der Waals surface area contributed by atoms with Crippen LogP contribution in [0.4, 0.5) is 5.69 Å². The lowest BCUT2D eigenvalue weighted by Gasteiger charge is -2.27. The van der Waals surface area contributed by atoms with E-state index in [0.717, 1.165) is 6.42 Å². The van der Waals surface area contributed by atoms with Gasteiger partial charge in [-0.1, -0.05) is 0 Å². The number of carboxylic acid groups (broad SMARTS) is 1. The first kappa shape index (κ1) is 14.7. The van der Waals surface area contributed by atoms with Crippen LogP contribution in [-0.2, 0) is 4.74 Å². The number of nitrogens with two attached hydrogens (primary N) is 1. The van der Waals surface area contributed by atoms with E-state index < -0.39 is 11.6 Å². The van der Waals surface area contributed by atoms with E-state index in [2.05, 4.69) is 0 Å². The zero-order chi connectivity index (χ0) is 15.1. The summed E-state index contributed by atoms with van der Waals surface area (Å²) in [5.41, 5.74) is 5.24. The van der Waals surface area contributed by atoms with Crippen molar-refractivity contribution in [3.05, 3.63) is 23.8 Å². The van der Waals surface area contributed by atoms with Gasteiger partial charge in [0.15, 0.2) is 0 Å². The molecule has 1 saturated heterocycles. The molecule has 1 aliphatic rings. The van der Waals surface area contributed by atoms with E-state index in [9.17, 15) is 4.79 Å². The standard InChI is InChI=1S/C15H21NO4/c1-14(2)8-12(15(3,4)20-14)19-9-5-6-11(16)10(7-9)13(17)18/h5-7,12H,8,16H2,1-4H3,(H,17,18). The van der Waals surface area contributed by atoms with Crippen molar-refractivity contribution in [1.29, 1.82) is 0 Å². The van der Waals surface area contributed by atoms with Crippen molar-refractivity contribution in [1.82, 2.24) is 0 Å². The Bertz CT molecular complexity index is 537. The molecule has 0 bridgehead atoms. The quantitative estimate of drug-likeness (QED) is 0.831. The first-order valence-corrected chi connectivity index (χ1v) is 6.60. The SMILES string of the molecule is CC1(C)CC(Oc2ccc(N)c(C(=O)O)c2)C(C)(C)O1. The Hall–Kier alpha value is -1.75. The topological polar surface area (TPSA) is 81.8 Å². The van der Waals surface area contributed by atoms with Crippen LogP contribution in [0.15, 0.2) is 18.2 Å². The Labute approximate surface area is 118 Å². The molecule has 20 heavy (non-hydrogen) atoms. The van der Waals surface area contributed by atoms with Crippen molar-refractivity contribution in [3.63, 3.8) is 0 Å². The van der Waals surface area contributed by atoms with E-state index >= 15 is 0 Å². The molecular formula is C15H21NO4. The predicted molar refractivity (Wildman–Crippen MR) is 76.1 cm³/mol. The fraction of sp³-hybridized carbons (Fsp3) is 0.533. The van der Waals surface area contributed by atoms with E-state index in [1.165, 1.54) is 6.07 Å². The second-order valence-electron chi connectivity index (χ2n) is 6.33. The zero-order valence-corrected chi connectivity index (χ0v) is 12.3. The number of hydrogen-bond donors (Lipinski definition) is 2. The minimum atomic E-state index is -1.06. The van der Waals surface area contributed by atoms with E-state index in [1.807, 2.05) is 27.7 Å². The molecule has 1 fully saturated rings. The highest BCUT2D eigenvalue weighted by Crippen LogP contribution is 2.39. The molecule has 1 atom stereocenters. The van der Waals surface area contributed by atoms with Crippen LogP contribution in [0.25, 0.3) is 0 Å². The molecule has 1 aromatic rings. The highest BCUT2D eigenvalue weighted by molar-refractivity contribution is 5.94. The normalized spacial score (nSPS) is 23.5. The number of benzene rings is 1. The number of aromatic carboxylic acids is 1. The van der Waals surface area contributed by atoms with Gasteiger partial charge in [0.25, 0.3) is 0 Å². The van der Waals surface area contributed by atoms with Crippen LogP contribution < -0.4 is 10.5 Å². The van der Waals surface area contributed by atoms with E-state index in [-0.39, 0.29) is 23.0 Å². The van der Waals surface area contributed by atoms with Gasteiger partial charge < -0.3 is 20.3 Å². The number of anilines is 1. The number of rotatable bonds is 3. The van der Waals surface area contributed by atoms with Gasteiger partial charge in [-0.3, -0.25) is 0 Å². The summed E-state index contributed by atoms with van der Waals surface area (Å²) < 4.78 is 11.9. The molecule has 1 heterocycles. The number of nitrogen functional groups attached to an aromatic ring is 1. The third-order valence-electron chi connectivity index (χ3n) is 3.53. The summed E-state index contributed by atoms with van der Waals surface area (Å²) in [6, 6.07) is 4.69. The first-order valence-electron chi connectivity index (χ1n) is 6.60. The molecule has 0 aromatic heterocycles. The molecule has 0 saturated carbocycles. The lowest BCUT2D eigenvalue weighted by molar-refractivity contribution is -0.0846. The van der Waals surface area contributed by atoms with Crippen molar-refractivity contribution in [2.75, 3.05) is 5.73 Å². The van der Waals surface area contributed by atoms with Gasteiger partial charge in [-0.2, -0.15) is 0 Å². The van der Waals surface area contributed by atoms with E-state index in [0.29, 0.717) is 5.75 Å². The molecule has 2 rings (SSSR count). The van der Waals surface area contributed by atoms with Crippen LogP contribution in [0.1, 0.15) is 44.5 Å². The molecule has 0 radical (unpaired) electrons. The fourth-order valence-corrected chi connectivity index (χ4v) is 2.65. The maximum atomic E-state index is 11.1. The lowest BCUT2D eigenvalue weighted by Crippen LogP contribution is -2.36. The van der Waals surface area contributed by atoms with Crippen LogP contribution in [-0.4, -0.2) is 28.4 Å². The number of carbonyl (C=O) groups is 1. The summed E-state index contributed by atoms with van der Waals surface area (Å²) in [6.45, 7) is 7.98. The average Bonchev–Trinajstić information content (AvgIpc) is 2.49. The van der Waals surface area contributed by atoms with Gasteiger partial charge in [-0.25, -0.2) is 4.79 Å². The molecule has 0 aliphatic carbocycles. The van der Waals surface area contributed by atoms with Gasteiger partial charge in [0, 0.05) is 12.1 Å². The van der Waals surface area contributed by atoms with Crippen LogP contribution in [0, 0.1) is 0 Å². The summed E-state index contributed by atoms with van der Waals surface area (Å²) in [7, 11) is 0. The third-order valence-corrected chi connectivity index (χ3v) is 3.53. The summed E-state index contributed by atoms with van der Waals surface area (Å²) in [5, 5.41) is 9.08. The van der Waals surface area contributed by atoms with Crippen molar-refractivity contribution in [3.8, 4) is 5.75 Å². The molecule has 5 nitrogen and oxygen atoms in total. The molecular weight excluding hydrogens is 258 g/mol. The Balaban J connectivity index is 2.23. The summed E-state index contributed by atoms with van der Waals surface area (Å²) in [6.07, 6.45) is 0.607.